The van der Waals surface area contributed by atoms with Crippen LogP contribution in [0.3, 0.4) is 0 Å². The number of carboxylic acids is 1. The zero-order chi connectivity index (χ0) is 39.8. The first-order valence-electron chi connectivity index (χ1n) is 19.8. The van der Waals surface area contributed by atoms with Crippen LogP contribution in [-0.4, -0.2) is 81.8 Å². The van der Waals surface area contributed by atoms with Crippen LogP contribution >= 0.6 is 11.3 Å². The molecule has 298 valence electrons. The molecule has 0 spiro atoms. The summed E-state index contributed by atoms with van der Waals surface area (Å²) in [5, 5.41) is 16.8. The van der Waals surface area contributed by atoms with Crippen molar-refractivity contribution >= 4 is 46.5 Å². The van der Waals surface area contributed by atoms with Crippen molar-refractivity contribution in [2.75, 3.05) is 13.7 Å². The van der Waals surface area contributed by atoms with Gasteiger partial charge in [0, 0.05) is 34.4 Å². The third-order valence-corrected chi connectivity index (χ3v) is 12.4. The molecule has 2 aliphatic heterocycles. The molecule has 2 aromatic rings. The summed E-state index contributed by atoms with van der Waals surface area (Å²) >= 11 is 1.73. The maximum atomic E-state index is 14.6. The molecule has 13 heteroatoms. The second kappa shape index (κ2) is 15.9. The first-order valence-corrected chi connectivity index (χ1v) is 20.6. The van der Waals surface area contributed by atoms with E-state index in [0.29, 0.717) is 30.6 Å². The molecule has 4 atom stereocenters. The van der Waals surface area contributed by atoms with Gasteiger partial charge in [-0.15, -0.1) is 17.1 Å². The van der Waals surface area contributed by atoms with Crippen LogP contribution in [0.25, 0.3) is 11.3 Å². The Morgan fingerprint density at radius 3 is 2.68 bits per heavy atom. The van der Waals surface area contributed by atoms with E-state index in [1.807, 2.05) is 30.4 Å². The highest BCUT2D eigenvalue weighted by Crippen LogP contribution is 2.44. The molecule has 1 saturated carbocycles. The number of carboxylic acid groups (broad SMARTS) is 1. The Morgan fingerprint density at radius 1 is 1.11 bits per heavy atom. The van der Waals surface area contributed by atoms with Crippen molar-refractivity contribution in [3.63, 3.8) is 0 Å². The summed E-state index contributed by atoms with van der Waals surface area (Å²) in [6, 6.07) is 3.87. The van der Waals surface area contributed by atoms with Gasteiger partial charge in [0.2, 0.25) is 11.8 Å². The Labute approximate surface area is 332 Å². The van der Waals surface area contributed by atoms with Crippen molar-refractivity contribution in [2.45, 2.75) is 134 Å². The van der Waals surface area contributed by atoms with Gasteiger partial charge in [-0.1, -0.05) is 18.4 Å². The number of hydrogen-bond acceptors (Lipinski definition) is 9. The van der Waals surface area contributed by atoms with Gasteiger partial charge in [0.05, 0.1) is 19.3 Å². The number of amides is 3. The summed E-state index contributed by atoms with van der Waals surface area (Å²) < 4.78 is 18.1. The van der Waals surface area contributed by atoms with Crippen LogP contribution in [0.5, 0.6) is 5.75 Å². The molecule has 1 unspecified atom stereocenters. The molecule has 3 aliphatic carbocycles. The predicted octanol–water partition coefficient (Wildman–Crippen LogP) is 6.67. The maximum absolute atomic E-state index is 14.6. The van der Waals surface area contributed by atoms with E-state index in [9.17, 15) is 24.3 Å². The fourth-order valence-corrected chi connectivity index (χ4v) is 9.32. The molecule has 1 saturated heterocycles. The standard InChI is InChI=1S/C43H52N4O8S/c1-25-16-17-26-20-28(53-5)18-19-30(26)35(22-31(25)38-44-32-14-11-15-36(32)56-38)54-29-21-34-37(48)46-43(40(50)51)23-27(43)12-9-7-6-8-10-13-33(39(49)47(34)24-29)45-41(52)55-42(2,3)4/h9,18-20,22,29,33-34H,6-8,10-11,13-17,21,23-24H2,1-5H3,(H,45,52)(H,46,48)(H,50,51)/b31-25-,35-22+/t12?,29?,33-,34-,43+/m0/s1. The number of hydrogen-bond donors (Lipinski definition) is 3. The Bertz CT molecular complexity index is 2030. The topological polar surface area (TPSA) is 156 Å². The molecule has 5 aliphatic rings. The second-order valence-electron chi connectivity index (χ2n) is 16.5. The van der Waals surface area contributed by atoms with E-state index < -0.39 is 53.2 Å². The monoisotopic (exact) mass is 784 g/mol. The van der Waals surface area contributed by atoms with Crippen LogP contribution in [0.2, 0.25) is 0 Å². The third kappa shape index (κ3) is 8.44. The highest BCUT2D eigenvalue weighted by atomic mass is 32.1. The second-order valence-corrected chi connectivity index (χ2v) is 17.6. The number of nitrogens with zero attached hydrogens (tertiary/aromatic N) is 2. The lowest BCUT2D eigenvalue weighted by atomic mass is 9.92. The Kier molecular flexibility index (Phi) is 11.2. The van der Waals surface area contributed by atoms with Gasteiger partial charge in [-0.3, -0.25) is 9.59 Å². The van der Waals surface area contributed by atoms with E-state index in [4.69, 9.17) is 19.2 Å². The lowest BCUT2D eigenvalue weighted by molar-refractivity contribution is -0.145. The van der Waals surface area contributed by atoms with Crippen molar-refractivity contribution in [2.24, 2.45) is 0 Å². The minimum absolute atomic E-state index is 0.0402. The molecular formula is C43H52N4O8S. The summed E-state index contributed by atoms with van der Waals surface area (Å²) in [5.74, 6) is -0.892. The predicted molar refractivity (Wildman–Crippen MR) is 212 cm³/mol. The van der Waals surface area contributed by atoms with E-state index in [1.165, 1.54) is 15.4 Å². The molecule has 3 amide bonds. The zero-order valence-electron chi connectivity index (χ0n) is 32.9. The summed E-state index contributed by atoms with van der Waals surface area (Å²) in [6.07, 6.45) is 10.6. The molecule has 3 heterocycles. The molecule has 0 radical (unpaired) electrons. The number of methoxy groups -OCH3 is 1. The number of aliphatic carboxylic acids is 1. The number of ether oxygens (including phenoxy) is 3. The summed E-state index contributed by atoms with van der Waals surface area (Å²) in [6.45, 7) is 7.42. The maximum Gasteiger partial charge on any atom is 0.408 e. The van der Waals surface area contributed by atoms with Gasteiger partial charge in [0.1, 0.15) is 40.3 Å². The van der Waals surface area contributed by atoms with Gasteiger partial charge >= 0.3 is 12.1 Å². The largest absolute Gasteiger partial charge is 0.497 e. The minimum atomic E-state index is -1.58. The van der Waals surface area contributed by atoms with E-state index >= 15 is 0 Å². The number of alkyl carbamates (subject to hydrolysis) is 1. The van der Waals surface area contributed by atoms with Crippen LogP contribution in [0.15, 0.2) is 47.2 Å². The van der Waals surface area contributed by atoms with Crippen molar-refractivity contribution in [3.05, 3.63) is 73.9 Å². The van der Waals surface area contributed by atoms with Crippen LogP contribution in [-0.2, 0) is 43.1 Å². The Hall–Kier alpha value is -4.87. The average Bonchev–Trinajstić information content (AvgIpc) is 3.45. The highest BCUT2D eigenvalue weighted by Gasteiger charge is 2.59. The summed E-state index contributed by atoms with van der Waals surface area (Å²) in [7, 11) is 1.64. The molecule has 56 heavy (non-hydrogen) atoms. The fourth-order valence-electron chi connectivity index (χ4n) is 8.08. The molecule has 1 aromatic carbocycles. The van der Waals surface area contributed by atoms with Gasteiger partial charge < -0.3 is 34.9 Å². The molecule has 3 N–H and O–H groups in total. The smallest absolute Gasteiger partial charge is 0.408 e. The molecule has 1 aromatic heterocycles. The normalized spacial score (nSPS) is 27.7. The zero-order valence-corrected chi connectivity index (χ0v) is 33.7. The molecule has 2 fully saturated rings. The van der Waals surface area contributed by atoms with Crippen LogP contribution < -0.4 is 15.4 Å². The number of benzene rings is 1. The van der Waals surface area contributed by atoms with Gasteiger partial charge in [0.25, 0.3) is 0 Å². The number of aromatic nitrogens is 1. The van der Waals surface area contributed by atoms with Crippen LogP contribution in [0, 0.1) is 0 Å². The number of carbonyl (C=O) groups excluding carboxylic acids is 3. The first kappa shape index (κ1) is 39.4. The van der Waals surface area contributed by atoms with E-state index in [2.05, 4.69) is 23.3 Å². The van der Waals surface area contributed by atoms with Crippen molar-refractivity contribution in [1.82, 2.24) is 20.5 Å². The Balaban J connectivity index is 1.25. The number of aryl methyl sites for hydroxylation is 3. The number of nitrogens with one attached hydrogen (secondary N) is 2. The van der Waals surface area contributed by atoms with E-state index in [1.54, 1.807) is 39.2 Å². The highest BCUT2D eigenvalue weighted by molar-refractivity contribution is 7.13. The van der Waals surface area contributed by atoms with Crippen molar-refractivity contribution < 1.29 is 38.5 Å². The van der Waals surface area contributed by atoms with Gasteiger partial charge in [0.15, 0.2) is 5.54 Å². The molecule has 7 rings (SSSR count). The van der Waals surface area contributed by atoms with E-state index in [-0.39, 0.29) is 19.4 Å². The number of rotatable bonds is 6. The number of fused-ring (bicyclic) bond motifs is 4. The summed E-state index contributed by atoms with van der Waals surface area (Å²) in [5.41, 5.74) is 6.52. The van der Waals surface area contributed by atoms with Crippen molar-refractivity contribution in [1.29, 1.82) is 0 Å². The fraction of sp³-hybridized carbons (Fsp3) is 0.535. The summed E-state index contributed by atoms with van der Waals surface area (Å²) in [4.78, 5) is 62.4. The quantitative estimate of drug-likeness (QED) is 0.273. The van der Waals surface area contributed by atoms with Crippen LogP contribution in [0.4, 0.5) is 4.79 Å². The van der Waals surface area contributed by atoms with Crippen molar-refractivity contribution in [3.8, 4) is 5.75 Å². The number of carbonyl (C=O) groups is 4. The average molecular weight is 785 g/mol. The van der Waals surface area contributed by atoms with Gasteiger partial charge in [-0.25, -0.2) is 14.6 Å². The first-order chi connectivity index (χ1) is 26.7. The van der Waals surface area contributed by atoms with Gasteiger partial charge in [-0.05, 0) is 115 Å². The molecular weight excluding hydrogens is 733 g/mol. The number of thiazole rings is 1. The lowest BCUT2D eigenvalue weighted by Crippen LogP contribution is -2.56. The Morgan fingerprint density at radius 2 is 1.93 bits per heavy atom. The SMILES string of the molecule is COc1ccc2c(c1)CC/C(C)=C(c1nc3c(s1)CCC3)/C=C\2OC1C[C@H]2C(=O)N[C@]3(C(=O)O)CC3=C=CCCCCC[C@H](NC(=O)OC(C)(C)C)C(=O)N2C1. The van der Waals surface area contributed by atoms with Gasteiger partial charge in [-0.2, -0.15) is 0 Å². The molecule has 12 nitrogen and oxygen atoms in total. The minimum Gasteiger partial charge on any atom is -0.497 e. The number of allylic oxidation sites excluding steroid dienone is 3. The lowest BCUT2D eigenvalue weighted by Gasteiger charge is -2.30. The van der Waals surface area contributed by atoms with Crippen LogP contribution in [0.1, 0.15) is 112 Å². The van der Waals surface area contributed by atoms with E-state index in [0.717, 1.165) is 78.1 Å². The molecule has 0 bridgehead atoms. The third-order valence-electron chi connectivity index (χ3n) is 11.2.